The van der Waals surface area contributed by atoms with Crippen molar-refractivity contribution >= 4 is 34.6 Å². The van der Waals surface area contributed by atoms with Gasteiger partial charge in [0.2, 0.25) is 0 Å². The number of hydrazone groups is 1. The molecule has 0 aliphatic carbocycles. The van der Waals surface area contributed by atoms with E-state index >= 15 is 0 Å². The van der Waals surface area contributed by atoms with Crippen molar-refractivity contribution in [2.24, 2.45) is 5.10 Å². The van der Waals surface area contributed by atoms with E-state index in [0.717, 1.165) is 0 Å². The molecule has 0 radical (unpaired) electrons. The maximum absolute atomic E-state index is 13.3. The number of pyridine rings is 1. The standard InChI is InChI=1S/C23H15ClFN3O/c24-20-7-3-1-5-16(20)14-26-28-23(29)19-13-22(15-9-11-17(25)12-10-15)27-21-8-4-2-6-18(19)21/h1-14H,(H,28,29)/b26-14-. The lowest BCUT2D eigenvalue weighted by Gasteiger charge is -2.09. The average Bonchev–Trinajstić information content (AvgIpc) is 2.74. The van der Waals surface area contributed by atoms with Crippen LogP contribution < -0.4 is 5.43 Å². The van der Waals surface area contributed by atoms with Crippen LogP contribution in [0.15, 0.2) is 84.0 Å². The Morgan fingerprint density at radius 2 is 1.72 bits per heavy atom. The summed E-state index contributed by atoms with van der Waals surface area (Å²) in [5.41, 5.74) is 5.60. The first-order chi connectivity index (χ1) is 14.1. The molecule has 1 amide bonds. The summed E-state index contributed by atoms with van der Waals surface area (Å²) in [7, 11) is 0. The van der Waals surface area contributed by atoms with Crippen LogP contribution in [0.5, 0.6) is 0 Å². The fourth-order valence-electron chi connectivity index (χ4n) is 2.93. The fraction of sp³-hybridized carbons (Fsp3) is 0. The second kappa shape index (κ2) is 8.20. The molecule has 4 rings (SSSR count). The quantitative estimate of drug-likeness (QED) is 0.363. The van der Waals surface area contributed by atoms with Gasteiger partial charge in [-0.3, -0.25) is 4.79 Å². The normalized spacial score (nSPS) is 11.1. The number of fused-ring (bicyclic) bond motifs is 1. The van der Waals surface area contributed by atoms with Crippen molar-refractivity contribution in [1.29, 1.82) is 0 Å². The molecule has 0 bridgehead atoms. The van der Waals surface area contributed by atoms with E-state index in [-0.39, 0.29) is 11.7 Å². The number of rotatable bonds is 4. The monoisotopic (exact) mass is 403 g/mol. The zero-order chi connectivity index (χ0) is 20.2. The van der Waals surface area contributed by atoms with Crippen molar-refractivity contribution in [3.8, 4) is 11.3 Å². The second-order valence-electron chi connectivity index (χ2n) is 6.30. The molecule has 4 aromatic rings. The van der Waals surface area contributed by atoms with Crippen molar-refractivity contribution in [2.75, 3.05) is 0 Å². The zero-order valence-corrected chi connectivity index (χ0v) is 15.9. The third kappa shape index (κ3) is 4.15. The number of carbonyl (C=O) groups is 1. The summed E-state index contributed by atoms with van der Waals surface area (Å²) in [5, 5.41) is 5.26. The Morgan fingerprint density at radius 1 is 1.00 bits per heavy atom. The van der Waals surface area contributed by atoms with Crippen LogP contribution in [0.3, 0.4) is 0 Å². The summed E-state index contributed by atoms with van der Waals surface area (Å²) in [6.07, 6.45) is 1.49. The maximum Gasteiger partial charge on any atom is 0.272 e. The molecule has 4 nitrogen and oxygen atoms in total. The molecule has 3 aromatic carbocycles. The van der Waals surface area contributed by atoms with E-state index in [0.29, 0.717) is 38.3 Å². The smallest absolute Gasteiger partial charge is 0.267 e. The van der Waals surface area contributed by atoms with Gasteiger partial charge in [-0.25, -0.2) is 14.8 Å². The maximum atomic E-state index is 13.3. The Balaban J connectivity index is 1.69. The van der Waals surface area contributed by atoms with E-state index in [1.807, 2.05) is 36.4 Å². The summed E-state index contributed by atoms with van der Waals surface area (Å²) in [4.78, 5) is 17.4. The van der Waals surface area contributed by atoms with E-state index in [1.54, 1.807) is 30.3 Å². The fourth-order valence-corrected chi connectivity index (χ4v) is 3.12. The highest BCUT2D eigenvalue weighted by molar-refractivity contribution is 6.33. The van der Waals surface area contributed by atoms with E-state index in [9.17, 15) is 9.18 Å². The molecular formula is C23H15ClFN3O. The molecule has 29 heavy (non-hydrogen) atoms. The van der Waals surface area contributed by atoms with Crippen molar-refractivity contribution in [3.63, 3.8) is 0 Å². The van der Waals surface area contributed by atoms with Crippen LogP contribution in [-0.4, -0.2) is 17.1 Å². The van der Waals surface area contributed by atoms with Crippen LogP contribution in [0, 0.1) is 5.82 Å². The molecule has 1 N–H and O–H groups in total. The summed E-state index contributed by atoms with van der Waals surface area (Å²) >= 11 is 6.10. The first-order valence-corrected chi connectivity index (χ1v) is 9.23. The van der Waals surface area contributed by atoms with E-state index in [2.05, 4.69) is 15.5 Å². The average molecular weight is 404 g/mol. The van der Waals surface area contributed by atoms with Gasteiger partial charge >= 0.3 is 0 Å². The molecule has 0 saturated carbocycles. The SMILES string of the molecule is O=C(N/N=C\c1ccccc1Cl)c1cc(-c2ccc(F)cc2)nc2ccccc12. The molecule has 0 spiro atoms. The highest BCUT2D eigenvalue weighted by Crippen LogP contribution is 2.25. The van der Waals surface area contributed by atoms with E-state index in [4.69, 9.17) is 11.6 Å². The number of carbonyl (C=O) groups excluding carboxylic acids is 1. The number of aromatic nitrogens is 1. The highest BCUT2D eigenvalue weighted by atomic mass is 35.5. The minimum absolute atomic E-state index is 0.332. The van der Waals surface area contributed by atoms with Gasteiger partial charge < -0.3 is 0 Å². The lowest BCUT2D eigenvalue weighted by molar-refractivity contribution is 0.0956. The number of halogens is 2. The number of hydrogen-bond acceptors (Lipinski definition) is 3. The van der Waals surface area contributed by atoms with Crippen LogP contribution in [0.2, 0.25) is 5.02 Å². The predicted molar refractivity (Wildman–Crippen MR) is 114 cm³/mol. The Morgan fingerprint density at radius 3 is 2.52 bits per heavy atom. The summed E-state index contributed by atoms with van der Waals surface area (Å²) in [5.74, 6) is -0.711. The molecule has 0 aliphatic heterocycles. The molecule has 6 heteroatoms. The molecule has 0 aliphatic rings. The van der Waals surface area contributed by atoms with E-state index in [1.165, 1.54) is 18.3 Å². The number of para-hydroxylation sites is 1. The molecule has 0 atom stereocenters. The number of nitrogens with one attached hydrogen (secondary N) is 1. The topological polar surface area (TPSA) is 54.4 Å². The number of hydrogen-bond donors (Lipinski definition) is 1. The molecule has 0 fully saturated rings. The summed E-state index contributed by atoms with van der Waals surface area (Å²) < 4.78 is 13.3. The van der Waals surface area contributed by atoms with Crippen molar-refractivity contribution in [3.05, 3.63) is 101 Å². The number of nitrogens with zero attached hydrogens (tertiary/aromatic N) is 2. The summed E-state index contributed by atoms with van der Waals surface area (Å²) in [6, 6.07) is 22.2. The lowest BCUT2D eigenvalue weighted by Crippen LogP contribution is -2.18. The minimum Gasteiger partial charge on any atom is -0.267 e. The Kier molecular flexibility index (Phi) is 5.31. The van der Waals surface area contributed by atoms with Crippen LogP contribution in [0.4, 0.5) is 4.39 Å². The van der Waals surface area contributed by atoms with Gasteiger partial charge in [0, 0.05) is 21.5 Å². The van der Waals surface area contributed by atoms with Gasteiger partial charge in [0.05, 0.1) is 23.0 Å². The summed E-state index contributed by atoms with van der Waals surface area (Å²) in [6.45, 7) is 0. The van der Waals surface area contributed by atoms with Gasteiger partial charge in [-0.05, 0) is 42.5 Å². The van der Waals surface area contributed by atoms with Crippen molar-refractivity contribution in [2.45, 2.75) is 0 Å². The van der Waals surface area contributed by atoms with Gasteiger partial charge in [-0.1, -0.05) is 48.0 Å². The molecule has 142 valence electrons. The van der Waals surface area contributed by atoms with Gasteiger partial charge in [0.1, 0.15) is 5.82 Å². The van der Waals surface area contributed by atoms with Crippen molar-refractivity contribution < 1.29 is 9.18 Å². The first kappa shape index (κ1) is 18.8. The minimum atomic E-state index is -0.379. The van der Waals surface area contributed by atoms with Gasteiger partial charge in [0.15, 0.2) is 0 Å². The number of benzene rings is 3. The lowest BCUT2D eigenvalue weighted by atomic mass is 10.0. The van der Waals surface area contributed by atoms with Crippen molar-refractivity contribution in [1.82, 2.24) is 10.4 Å². The predicted octanol–water partition coefficient (Wildman–Crippen LogP) is 5.46. The van der Waals surface area contributed by atoms with Crippen LogP contribution in [0.25, 0.3) is 22.2 Å². The van der Waals surface area contributed by atoms with Crippen LogP contribution in [-0.2, 0) is 0 Å². The third-order valence-corrected chi connectivity index (χ3v) is 4.72. The zero-order valence-electron chi connectivity index (χ0n) is 15.1. The Hall–Kier alpha value is -3.57. The van der Waals surface area contributed by atoms with Gasteiger partial charge in [-0.2, -0.15) is 5.10 Å². The largest absolute Gasteiger partial charge is 0.272 e. The number of amides is 1. The van der Waals surface area contributed by atoms with Gasteiger partial charge in [0.25, 0.3) is 5.91 Å². The molecule has 1 heterocycles. The van der Waals surface area contributed by atoms with Crippen LogP contribution >= 0.6 is 11.6 Å². The Bertz CT molecular complexity index is 1220. The third-order valence-electron chi connectivity index (χ3n) is 4.38. The highest BCUT2D eigenvalue weighted by Gasteiger charge is 2.13. The Labute approximate surface area is 171 Å². The van der Waals surface area contributed by atoms with Crippen LogP contribution in [0.1, 0.15) is 15.9 Å². The second-order valence-corrected chi connectivity index (χ2v) is 6.71. The molecular weight excluding hydrogens is 389 g/mol. The van der Waals surface area contributed by atoms with E-state index < -0.39 is 0 Å². The van der Waals surface area contributed by atoms with Gasteiger partial charge in [-0.15, -0.1) is 0 Å². The molecule has 0 saturated heterocycles. The molecule has 1 aromatic heterocycles. The molecule has 0 unspecified atom stereocenters. The first-order valence-electron chi connectivity index (χ1n) is 8.85.